The largest absolute Gasteiger partial charge is 0.476 e. The van der Waals surface area contributed by atoms with E-state index in [2.05, 4.69) is 27.2 Å². The van der Waals surface area contributed by atoms with Crippen molar-refractivity contribution >= 4 is 11.0 Å². The van der Waals surface area contributed by atoms with Crippen molar-refractivity contribution in [2.45, 2.75) is 26.3 Å². The van der Waals surface area contributed by atoms with Gasteiger partial charge in [0.1, 0.15) is 11.8 Å². The molecule has 0 aliphatic heterocycles. The fourth-order valence-corrected chi connectivity index (χ4v) is 1.83. The average Bonchev–Trinajstić information content (AvgIpc) is 2.84. The van der Waals surface area contributed by atoms with Gasteiger partial charge in [0, 0.05) is 24.8 Å². The van der Waals surface area contributed by atoms with Crippen LogP contribution in [0, 0.1) is 0 Å². The average molecular weight is 264 g/mol. The van der Waals surface area contributed by atoms with E-state index in [1.165, 1.54) is 6.33 Å². The van der Waals surface area contributed by atoms with E-state index in [1.807, 2.05) is 6.20 Å². The second-order valence-electron chi connectivity index (χ2n) is 4.32. The molecule has 6 heteroatoms. The lowest BCUT2D eigenvalue weighted by atomic mass is 10.3. The van der Waals surface area contributed by atoms with E-state index >= 15 is 0 Å². The maximum Gasteiger partial charge on any atom is 0.241 e. The monoisotopic (exact) mass is 264 g/mol. The zero-order valence-corrected chi connectivity index (χ0v) is 11.1. The second kappa shape index (κ2) is 7.06. The Kier molecular flexibility index (Phi) is 5.11. The smallest absolute Gasteiger partial charge is 0.241 e. The fourth-order valence-electron chi connectivity index (χ4n) is 1.83. The lowest BCUT2D eigenvalue weighted by molar-refractivity contribution is 0.292. The van der Waals surface area contributed by atoms with Gasteiger partial charge in [-0.2, -0.15) is 4.98 Å². The van der Waals surface area contributed by atoms with Gasteiger partial charge in [0.25, 0.3) is 0 Å². The molecule has 0 unspecified atom stereocenters. The van der Waals surface area contributed by atoms with E-state index < -0.39 is 0 Å². The molecule has 0 radical (unpaired) electrons. The van der Waals surface area contributed by atoms with Crippen LogP contribution < -0.4 is 10.1 Å². The highest BCUT2D eigenvalue weighted by Crippen LogP contribution is 2.23. The number of H-pyrrole nitrogens is 1. The van der Waals surface area contributed by atoms with Crippen LogP contribution in [0.5, 0.6) is 5.88 Å². The van der Waals surface area contributed by atoms with Crippen LogP contribution in [0.4, 0.5) is 0 Å². The minimum absolute atomic E-state index is 0.128. The van der Waals surface area contributed by atoms with Crippen molar-refractivity contribution in [3.63, 3.8) is 0 Å². The Morgan fingerprint density at radius 1 is 1.42 bits per heavy atom. The minimum atomic E-state index is 0.128. The summed E-state index contributed by atoms with van der Waals surface area (Å²) in [6.07, 6.45) is 5.52. The molecule has 0 aromatic carbocycles. The molecule has 0 saturated carbocycles. The standard InChI is InChI=1S/C13H20N4O2/c1-2-3-6-19-13-12-11(16-9-17-13)10(8-15-12)7-14-4-5-18/h8-9,14-15,18H,2-7H2,1H3. The first-order valence-corrected chi connectivity index (χ1v) is 6.62. The van der Waals surface area contributed by atoms with Crippen molar-refractivity contribution in [3.05, 3.63) is 18.1 Å². The van der Waals surface area contributed by atoms with Crippen LogP contribution in [0.25, 0.3) is 11.0 Å². The molecule has 0 saturated heterocycles. The molecule has 2 rings (SSSR count). The van der Waals surface area contributed by atoms with Gasteiger partial charge in [-0.1, -0.05) is 13.3 Å². The summed E-state index contributed by atoms with van der Waals surface area (Å²) >= 11 is 0. The van der Waals surface area contributed by atoms with Crippen molar-refractivity contribution in [2.24, 2.45) is 0 Å². The summed E-state index contributed by atoms with van der Waals surface area (Å²) in [6.45, 7) is 4.14. The van der Waals surface area contributed by atoms with E-state index in [1.54, 1.807) is 0 Å². The maximum absolute atomic E-state index is 8.76. The SMILES string of the molecule is CCCCOc1ncnc2c(CNCCO)c[nH]c12. The number of hydrogen-bond acceptors (Lipinski definition) is 5. The third-order valence-electron chi connectivity index (χ3n) is 2.85. The highest BCUT2D eigenvalue weighted by molar-refractivity contribution is 5.82. The Balaban J connectivity index is 2.12. The number of aliphatic hydroxyl groups excluding tert-OH is 1. The van der Waals surface area contributed by atoms with Crippen molar-refractivity contribution < 1.29 is 9.84 Å². The normalized spacial score (nSPS) is 11.1. The fraction of sp³-hybridized carbons (Fsp3) is 0.538. The van der Waals surface area contributed by atoms with E-state index in [0.717, 1.165) is 29.4 Å². The van der Waals surface area contributed by atoms with Gasteiger partial charge in [-0.3, -0.25) is 0 Å². The zero-order chi connectivity index (χ0) is 13.5. The van der Waals surface area contributed by atoms with Gasteiger partial charge in [0.2, 0.25) is 5.88 Å². The van der Waals surface area contributed by atoms with Crippen molar-refractivity contribution in [3.8, 4) is 5.88 Å². The summed E-state index contributed by atoms with van der Waals surface area (Å²) in [5.74, 6) is 0.604. The van der Waals surface area contributed by atoms with E-state index in [9.17, 15) is 0 Å². The molecule has 0 bridgehead atoms. The molecule has 0 aliphatic carbocycles. The minimum Gasteiger partial charge on any atom is -0.476 e. The number of fused-ring (bicyclic) bond motifs is 1. The van der Waals surface area contributed by atoms with Crippen molar-refractivity contribution in [2.75, 3.05) is 19.8 Å². The van der Waals surface area contributed by atoms with Gasteiger partial charge in [-0.05, 0) is 6.42 Å². The molecule has 0 spiro atoms. The first-order chi connectivity index (χ1) is 9.36. The summed E-state index contributed by atoms with van der Waals surface area (Å²) in [4.78, 5) is 11.6. The third kappa shape index (κ3) is 3.42. The number of aliphatic hydroxyl groups is 1. The highest BCUT2D eigenvalue weighted by atomic mass is 16.5. The Morgan fingerprint density at radius 2 is 2.32 bits per heavy atom. The van der Waals surface area contributed by atoms with Gasteiger partial charge in [-0.15, -0.1) is 0 Å². The van der Waals surface area contributed by atoms with Crippen LogP contribution in [0.1, 0.15) is 25.3 Å². The number of hydrogen-bond donors (Lipinski definition) is 3. The first kappa shape index (κ1) is 13.8. The van der Waals surface area contributed by atoms with E-state index in [4.69, 9.17) is 9.84 Å². The molecule has 6 nitrogen and oxygen atoms in total. The molecule has 0 aliphatic rings. The summed E-state index contributed by atoms with van der Waals surface area (Å²) in [5.41, 5.74) is 2.75. The van der Waals surface area contributed by atoms with Gasteiger partial charge in [0.15, 0.2) is 0 Å². The maximum atomic E-state index is 8.76. The van der Waals surface area contributed by atoms with Crippen LogP contribution in [-0.4, -0.2) is 39.8 Å². The highest BCUT2D eigenvalue weighted by Gasteiger charge is 2.10. The molecule has 104 valence electrons. The van der Waals surface area contributed by atoms with Crippen LogP contribution in [0.3, 0.4) is 0 Å². The van der Waals surface area contributed by atoms with E-state index in [0.29, 0.717) is 25.6 Å². The topological polar surface area (TPSA) is 83.1 Å². The second-order valence-corrected chi connectivity index (χ2v) is 4.32. The number of nitrogens with one attached hydrogen (secondary N) is 2. The van der Waals surface area contributed by atoms with Crippen molar-refractivity contribution in [1.29, 1.82) is 0 Å². The number of unbranched alkanes of at least 4 members (excludes halogenated alkanes) is 1. The number of ether oxygens (including phenoxy) is 1. The van der Waals surface area contributed by atoms with Crippen LogP contribution in [0.2, 0.25) is 0 Å². The molecule has 3 N–H and O–H groups in total. The Morgan fingerprint density at radius 3 is 3.11 bits per heavy atom. The lowest BCUT2D eigenvalue weighted by Crippen LogP contribution is -2.17. The summed E-state index contributed by atoms with van der Waals surface area (Å²) in [7, 11) is 0. The molecule has 2 aromatic rings. The molecule has 0 fully saturated rings. The van der Waals surface area contributed by atoms with Crippen LogP contribution >= 0.6 is 0 Å². The van der Waals surface area contributed by atoms with Crippen LogP contribution in [0.15, 0.2) is 12.5 Å². The summed E-state index contributed by atoms with van der Waals surface area (Å²) in [6, 6.07) is 0. The quantitative estimate of drug-likeness (QED) is 0.624. The lowest BCUT2D eigenvalue weighted by Gasteiger charge is -2.05. The van der Waals surface area contributed by atoms with Crippen LogP contribution in [-0.2, 0) is 6.54 Å². The summed E-state index contributed by atoms with van der Waals surface area (Å²) in [5, 5.41) is 11.9. The molecule has 0 atom stereocenters. The van der Waals surface area contributed by atoms with Gasteiger partial charge in [0.05, 0.1) is 18.7 Å². The number of aromatic amines is 1. The number of aromatic nitrogens is 3. The number of rotatable bonds is 8. The van der Waals surface area contributed by atoms with Crippen molar-refractivity contribution in [1.82, 2.24) is 20.3 Å². The molecule has 19 heavy (non-hydrogen) atoms. The Hall–Kier alpha value is -1.66. The molecule has 2 heterocycles. The third-order valence-corrected chi connectivity index (χ3v) is 2.85. The Labute approximate surface area is 112 Å². The first-order valence-electron chi connectivity index (χ1n) is 6.62. The summed E-state index contributed by atoms with van der Waals surface area (Å²) < 4.78 is 5.66. The predicted molar refractivity (Wildman–Crippen MR) is 73.1 cm³/mol. The molecular weight excluding hydrogens is 244 g/mol. The zero-order valence-electron chi connectivity index (χ0n) is 11.1. The Bertz CT molecular complexity index is 512. The molecule has 2 aromatic heterocycles. The van der Waals surface area contributed by atoms with Gasteiger partial charge < -0.3 is 20.1 Å². The van der Waals surface area contributed by atoms with E-state index in [-0.39, 0.29) is 6.61 Å². The predicted octanol–water partition coefficient (Wildman–Crippen LogP) is 1.22. The van der Waals surface area contributed by atoms with Gasteiger partial charge >= 0.3 is 0 Å². The van der Waals surface area contributed by atoms with Gasteiger partial charge in [-0.25, -0.2) is 4.98 Å². The number of nitrogens with zero attached hydrogens (tertiary/aromatic N) is 2. The molecular formula is C13H20N4O2. The molecule has 0 amide bonds.